The van der Waals surface area contributed by atoms with Gasteiger partial charge in [0.1, 0.15) is 5.69 Å². The number of aryl methyl sites for hydroxylation is 1. The number of likely N-dealkylation sites (N-methyl/N-ethyl adjacent to an activating group) is 1. The smallest absolute Gasteiger partial charge is 0.431 e. The number of hydrogen-bond acceptors (Lipinski definition) is 2. The zero-order valence-corrected chi connectivity index (χ0v) is 13.7. The predicted octanol–water partition coefficient (Wildman–Crippen LogP) is 3.70. The lowest BCUT2D eigenvalue weighted by molar-refractivity contribution is -0.141. The summed E-state index contributed by atoms with van der Waals surface area (Å²) in [5, 5.41) is 9.34. The largest absolute Gasteiger partial charge is 0.481 e. The molecule has 7 heteroatoms. The van der Waals surface area contributed by atoms with Crippen LogP contribution in [0.2, 0.25) is 0 Å². The number of carbonyl (C=O) groups is 1. The highest BCUT2D eigenvalue weighted by Crippen LogP contribution is 2.37. The van der Waals surface area contributed by atoms with Crippen molar-refractivity contribution in [3.63, 3.8) is 0 Å². The second-order valence-corrected chi connectivity index (χ2v) is 6.12. The molecule has 0 saturated heterocycles. The number of hydrogen-bond donors (Lipinski definition) is 2. The lowest BCUT2D eigenvalue weighted by Crippen LogP contribution is -2.17. The Bertz CT molecular complexity index is 720. The number of nitrogens with one attached hydrogen (secondary N) is 1. The Morgan fingerprint density at radius 3 is 2.54 bits per heavy atom. The van der Waals surface area contributed by atoms with E-state index in [4.69, 9.17) is 5.11 Å². The molecular formula is C17H21F3N2O2. The van der Waals surface area contributed by atoms with Gasteiger partial charge in [-0.1, -0.05) is 12.1 Å². The van der Waals surface area contributed by atoms with Crippen molar-refractivity contribution >= 4 is 16.9 Å². The topological polar surface area (TPSA) is 56.3 Å². The fraction of sp³-hybridized carbons (Fsp3) is 0.471. The number of halogens is 3. The normalized spacial score (nSPS) is 12.2. The van der Waals surface area contributed by atoms with Gasteiger partial charge in [-0.25, -0.2) is 0 Å². The average molecular weight is 342 g/mol. The number of carboxylic acids is 1. The van der Waals surface area contributed by atoms with Gasteiger partial charge in [0.2, 0.25) is 0 Å². The van der Waals surface area contributed by atoms with Crippen LogP contribution in [0.1, 0.15) is 29.7 Å². The second-order valence-electron chi connectivity index (χ2n) is 6.12. The van der Waals surface area contributed by atoms with Crippen molar-refractivity contribution < 1.29 is 23.1 Å². The van der Waals surface area contributed by atoms with Crippen LogP contribution in [0.3, 0.4) is 0 Å². The summed E-state index contributed by atoms with van der Waals surface area (Å²) in [6.07, 6.45) is -3.33. The first kappa shape index (κ1) is 18.3. The monoisotopic (exact) mass is 342 g/mol. The third kappa shape index (κ3) is 4.29. The Balaban J connectivity index is 2.47. The lowest BCUT2D eigenvalue weighted by Gasteiger charge is -2.13. The minimum atomic E-state index is -4.45. The number of rotatable bonds is 7. The first-order valence-corrected chi connectivity index (χ1v) is 7.76. The van der Waals surface area contributed by atoms with E-state index in [1.165, 1.54) is 0 Å². The highest BCUT2D eigenvalue weighted by Gasteiger charge is 2.36. The Hall–Kier alpha value is -2.02. The van der Waals surface area contributed by atoms with E-state index < -0.39 is 17.8 Å². The summed E-state index contributed by atoms with van der Waals surface area (Å²) in [5.41, 5.74) is 0.764. The molecule has 0 amide bonds. The van der Waals surface area contributed by atoms with Gasteiger partial charge < -0.3 is 15.0 Å². The lowest BCUT2D eigenvalue weighted by atomic mass is 9.98. The van der Waals surface area contributed by atoms with Gasteiger partial charge in [-0.05, 0) is 50.6 Å². The summed E-state index contributed by atoms with van der Waals surface area (Å²) in [6.45, 7) is 0.499. The van der Waals surface area contributed by atoms with Crippen molar-refractivity contribution in [1.29, 1.82) is 0 Å². The van der Waals surface area contributed by atoms with Crippen molar-refractivity contribution in [1.82, 2.24) is 9.88 Å². The minimum Gasteiger partial charge on any atom is -0.481 e. The van der Waals surface area contributed by atoms with Crippen molar-refractivity contribution in [2.24, 2.45) is 0 Å². The van der Waals surface area contributed by atoms with E-state index in [-0.39, 0.29) is 18.4 Å². The van der Waals surface area contributed by atoms with Crippen LogP contribution >= 0.6 is 0 Å². The maximum atomic E-state index is 13.4. The summed E-state index contributed by atoms with van der Waals surface area (Å²) >= 11 is 0. The van der Waals surface area contributed by atoms with Gasteiger partial charge in [0, 0.05) is 23.9 Å². The van der Waals surface area contributed by atoms with E-state index in [9.17, 15) is 18.0 Å². The molecule has 0 atom stereocenters. The highest BCUT2D eigenvalue weighted by atomic mass is 19.4. The molecular weight excluding hydrogens is 321 g/mol. The van der Waals surface area contributed by atoms with Crippen molar-refractivity contribution in [3.8, 4) is 0 Å². The van der Waals surface area contributed by atoms with Crippen LogP contribution in [0.4, 0.5) is 13.2 Å². The first-order chi connectivity index (χ1) is 11.2. The van der Waals surface area contributed by atoms with Crippen LogP contribution in [0, 0.1) is 0 Å². The van der Waals surface area contributed by atoms with Gasteiger partial charge in [-0.3, -0.25) is 4.79 Å². The van der Waals surface area contributed by atoms with Crippen LogP contribution in [-0.2, 0) is 23.8 Å². The number of alkyl halides is 3. The Kier molecular flexibility index (Phi) is 5.54. The van der Waals surface area contributed by atoms with Gasteiger partial charge in [-0.2, -0.15) is 13.2 Å². The zero-order chi connectivity index (χ0) is 17.9. The molecule has 1 aromatic carbocycles. The predicted molar refractivity (Wildman–Crippen MR) is 86.1 cm³/mol. The van der Waals surface area contributed by atoms with Crippen molar-refractivity contribution in [3.05, 3.63) is 35.0 Å². The van der Waals surface area contributed by atoms with E-state index in [2.05, 4.69) is 4.98 Å². The van der Waals surface area contributed by atoms with Crippen LogP contribution in [0.15, 0.2) is 18.2 Å². The summed E-state index contributed by atoms with van der Waals surface area (Å²) in [4.78, 5) is 15.0. The minimum absolute atomic E-state index is 0.0000302. The fourth-order valence-corrected chi connectivity index (χ4v) is 2.86. The molecule has 132 valence electrons. The highest BCUT2D eigenvalue weighted by molar-refractivity contribution is 5.88. The number of aromatic amines is 1. The second kappa shape index (κ2) is 7.25. The summed E-state index contributed by atoms with van der Waals surface area (Å²) in [7, 11) is 3.63. The molecule has 0 saturated carbocycles. The molecule has 0 aliphatic heterocycles. The third-order valence-corrected chi connectivity index (χ3v) is 3.94. The molecule has 0 unspecified atom stereocenters. The zero-order valence-electron chi connectivity index (χ0n) is 13.7. The molecule has 0 aliphatic carbocycles. The number of H-pyrrole nitrogens is 1. The van der Waals surface area contributed by atoms with E-state index in [0.29, 0.717) is 30.3 Å². The molecule has 0 aliphatic rings. The SMILES string of the molecule is CN(C)CCc1c(C(F)(F)F)[nH]c2cccc(CCCC(=O)O)c12. The molecule has 4 nitrogen and oxygen atoms in total. The van der Waals surface area contributed by atoms with Gasteiger partial charge in [0.15, 0.2) is 0 Å². The molecule has 1 aromatic heterocycles. The third-order valence-electron chi connectivity index (χ3n) is 3.94. The number of aromatic nitrogens is 1. The molecule has 0 spiro atoms. The standard InChI is InChI=1S/C17H21F3N2O2/c1-22(2)10-9-12-15-11(6-4-8-14(23)24)5-3-7-13(15)21-16(12)17(18,19)20/h3,5,7,21H,4,6,8-10H2,1-2H3,(H,23,24). The van der Waals surface area contributed by atoms with Crippen molar-refractivity contribution in [2.45, 2.75) is 31.9 Å². The Morgan fingerprint density at radius 2 is 1.96 bits per heavy atom. The maximum absolute atomic E-state index is 13.4. The number of benzene rings is 1. The molecule has 0 fully saturated rings. The summed E-state index contributed by atoms with van der Waals surface area (Å²) in [5.74, 6) is -0.903. The number of nitrogens with zero attached hydrogens (tertiary/aromatic N) is 1. The molecule has 24 heavy (non-hydrogen) atoms. The number of carboxylic acid groups (broad SMARTS) is 1. The van der Waals surface area contributed by atoms with Crippen LogP contribution < -0.4 is 0 Å². The number of fused-ring (bicyclic) bond motifs is 1. The van der Waals surface area contributed by atoms with Crippen LogP contribution in [0.25, 0.3) is 10.9 Å². The average Bonchev–Trinajstić information content (AvgIpc) is 2.84. The van der Waals surface area contributed by atoms with Gasteiger partial charge in [0.05, 0.1) is 0 Å². The van der Waals surface area contributed by atoms with Crippen LogP contribution in [0.5, 0.6) is 0 Å². The summed E-state index contributed by atoms with van der Waals surface area (Å²) in [6, 6.07) is 5.10. The van der Waals surface area contributed by atoms with Gasteiger partial charge in [0.25, 0.3) is 0 Å². The van der Waals surface area contributed by atoms with Crippen LogP contribution in [-0.4, -0.2) is 41.6 Å². The van der Waals surface area contributed by atoms with E-state index in [1.807, 2.05) is 19.0 Å². The van der Waals surface area contributed by atoms with E-state index in [1.54, 1.807) is 18.2 Å². The first-order valence-electron chi connectivity index (χ1n) is 7.76. The molecule has 2 N–H and O–H groups in total. The molecule has 2 rings (SSSR count). The van der Waals surface area contributed by atoms with E-state index >= 15 is 0 Å². The summed E-state index contributed by atoms with van der Waals surface area (Å²) < 4.78 is 40.1. The molecule has 1 heterocycles. The van der Waals surface area contributed by atoms with Gasteiger partial charge in [-0.15, -0.1) is 0 Å². The molecule has 2 aromatic rings. The van der Waals surface area contributed by atoms with Gasteiger partial charge >= 0.3 is 12.1 Å². The van der Waals surface area contributed by atoms with Crippen molar-refractivity contribution in [2.75, 3.05) is 20.6 Å². The fourth-order valence-electron chi connectivity index (χ4n) is 2.86. The Labute approximate surface area is 138 Å². The quantitative estimate of drug-likeness (QED) is 0.807. The number of aliphatic carboxylic acids is 1. The molecule has 0 bridgehead atoms. The molecule has 0 radical (unpaired) electrons. The Morgan fingerprint density at radius 1 is 1.25 bits per heavy atom. The van der Waals surface area contributed by atoms with E-state index in [0.717, 1.165) is 5.56 Å². The maximum Gasteiger partial charge on any atom is 0.431 e.